The smallest absolute Gasteiger partial charge is 0.222 e. The maximum absolute atomic E-state index is 12.0. The highest BCUT2D eigenvalue weighted by Gasteiger charge is 2.24. The molecule has 1 aromatic rings. The second-order valence-electron chi connectivity index (χ2n) is 7.24. The summed E-state index contributed by atoms with van der Waals surface area (Å²) in [5.74, 6) is 0.147. The number of carbonyl (C=O) groups is 1. The van der Waals surface area contributed by atoms with E-state index in [4.69, 9.17) is 0 Å². The monoisotopic (exact) mass is 332 g/mol. The molecule has 5 heteroatoms. The van der Waals surface area contributed by atoms with Gasteiger partial charge in [-0.1, -0.05) is 26.0 Å². The van der Waals surface area contributed by atoms with Gasteiger partial charge in [0.05, 0.1) is 6.04 Å². The third-order valence-electron chi connectivity index (χ3n) is 4.77. The Morgan fingerprint density at radius 1 is 1.12 bits per heavy atom. The number of hydrogen-bond acceptors (Lipinski definition) is 4. The van der Waals surface area contributed by atoms with Gasteiger partial charge in [0.25, 0.3) is 0 Å². The number of carbonyl (C=O) groups excluding carboxylic acids is 1. The molecule has 2 rings (SSSR count). The van der Waals surface area contributed by atoms with Gasteiger partial charge in [0.15, 0.2) is 0 Å². The van der Waals surface area contributed by atoms with Crippen molar-refractivity contribution in [3.05, 3.63) is 29.8 Å². The van der Waals surface area contributed by atoms with Crippen LogP contribution in [0.3, 0.4) is 0 Å². The summed E-state index contributed by atoms with van der Waals surface area (Å²) in [6.45, 7) is 8.76. The van der Waals surface area contributed by atoms with E-state index in [1.54, 1.807) is 0 Å². The Balaban J connectivity index is 2.13. The molecule has 1 aromatic carbocycles. The summed E-state index contributed by atoms with van der Waals surface area (Å²) < 4.78 is 0. The van der Waals surface area contributed by atoms with Crippen molar-refractivity contribution < 1.29 is 4.79 Å². The van der Waals surface area contributed by atoms with Crippen molar-refractivity contribution in [3.8, 4) is 0 Å². The molecule has 1 N–H and O–H groups in total. The lowest BCUT2D eigenvalue weighted by molar-refractivity contribution is -0.124. The molecule has 134 valence electrons. The molecular weight excluding hydrogens is 300 g/mol. The zero-order valence-electron chi connectivity index (χ0n) is 15.7. The van der Waals surface area contributed by atoms with Crippen molar-refractivity contribution in [2.45, 2.75) is 19.9 Å². The van der Waals surface area contributed by atoms with Crippen LogP contribution >= 0.6 is 0 Å². The van der Waals surface area contributed by atoms with Crippen LogP contribution < -0.4 is 10.2 Å². The second-order valence-corrected chi connectivity index (χ2v) is 7.24. The van der Waals surface area contributed by atoms with Gasteiger partial charge in [0.1, 0.15) is 0 Å². The fraction of sp³-hybridized carbons (Fsp3) is 0.632. The van der Waals surface area contributed by atoms with Gasteiger partial charge in [-0.3, -0.25) is 9.69 Å². The zero-order chi connectivity index (χ0) is 17.7. The molecule has 0 radical (unpaired) electrons. The van der Waals surface area contributed by atoms with Crippen molar-refractivity contribution in [1.29, 1.82) is 0 Å². The van der Waals surface area contributed by atoms with Crippen molar-refractivity contribution in [1.82, 2.24) is 15.1 Å². The average molecular weight is 332 g/mol. The van der Waals surface area contributed by atoms with Crippen LogP contribution in [-0.4, -0.2) is 69.6 Å². The standard InChI is InChI=1S/C19H32N4O/c1-15(2)19(24)20-14-18(23-12-10-22(5)11-13-23)16-6-8-17(9-7-16)21(3)4/h6-9,15,18H,10-14H2,1-5H3,(H,20,24)/t18-/m1/s1. The van der Waals surface area contributed by atoms with Crippen LogP contribution in [0.2, 0.25) is 0 Å². The third-order valence-corrected chi connectivity index (χ3v) is 4.77. The highest BCUT2D eigenvalue weighted by atomic mass is 16.1. The number of hydrogen-bond donors (Lipinski definition) is 1. The van der Waals surface area contributed by atoms with Gasteiger partial charge < -0.3 is 15.1 Å². The largest absolute Gasteiger partial charge is 0.378 e. The van der Waals surface area contributed by atoms with Gasteiger partial charge in [0, 0.05) is 58.4 Å². The Bertz CT molecular complexity index is 519. The molecule has 0 unspecified atom stereocenters. The SMILES string of the molecule is CC(C)C(=O)NC[C@H](c1ccc(N(C)C)cc1)N1CCN(C)CC1. The number of amides is 1. The summed E-state index contributed by atoms with van der Waals surface area (Å²) in [5, 5.41) is 3.12. The number of anilines is 1. The van der Waals surface area contributed by atoms with E-state index in [0.717, 1.165) is 26.2 Å². The van der Waals surface area contributed by atoms with Crippen LogP contribution in [0.5, 0.6) is 0 Å². The maximum Gasteiger partial charge on any atom is 0.222 e. The van der Waals surface area contributed by atoms with E-state index >= 15 is 0 Å². The number of likely N-dealkylation sites (N-methyl/N-ethyl adjacent to an activating group) is 1. The number of benzene rings is 1. The highest BCUT2D eigenvalue weighted by molar-refractivity contribution is 5.77. The first-order valence-corrected chi connectivity index (χ1v) is 8.86. The molecule has 0 bridgehead atoms. The van der Waals surface area contributed by atoms with Crippen molar-refractivity contribution >= 4 is 11.6 Å². The topological polar surface area (TPSA) is 38.8 Å². The zero-order valence-corrected chi connectivity index (χ0v) is 15.7. The Kier molecular flexibility index (Phi) is 6.63. The number of nitrogens with zero attached hydrogens (tertiary/aromatic N) is 3. The van der Waals surface area contributed by atoms with Crippen LogP contribution in [0.25, 0.3) is 0 Å². The lowest BCUT2D eigenvalue weighted by Crippen LogP contribution is -2.48. The molecule has 1 aliphatic heterocycles. The predicted octanol–water partition coefficient (Wildman–Crippen LogP) is 1.81. The van der Waals surface area contributed by atoms with Crippen LogP contribution in [0, 0.1) is 5.92 Å². The second kappa shape index (κ2) is 8.49. The van der Waals surface area contributed by atoms with Gasteiger partial charge >= 0.3 is 0 Å². The fourth-order valence-electron chi connectivity index (χ4n) is 2.99. The summed E-state index contributed by atoms with van der Waals surface area (Å²) in [6, 6.07) is 8.93. The quantitative estimate of drug-likeness (QED) is 0.862. The number of rotatable bonds is 6. The molecule has 5 nitrogen and oxygen atoms in total. The summed E-state index contributed by atoms with van der Waals surface area (Å²) in [5.41, 5.74) is 2.47. The predicted molar refractivity (Wildman–Crippen MR) is 100 cm³/mol. The van der Waals surface area contributed by atoms with Crippen LogP contribution in [0.1, 0.15) is 25.5 Å². The molecule has 1 heterocycles. The lowest BCUT2D eigenvalue weighted by Gasteiger charge is -2.38. The first-order chi connectivity index (χ1) is 11.4. The minimum Gasteiger partial charge on any atom is -0.378 e. The van der Waals surface area contributed by atoms with Gasteiger partial charge in [0.2, 0.25) is 5.91 Å². The minimum atomic E-state index is 0.0225. The molecule has 1 atom stereocenters. The minimum absolute atomic E-state index is 0.0225. The van der Waals surface area contributed by atoms with E-state index in [9.17, 15) is 4.79 Å². The molecule has 0 saturated carbocycles. The van der Waals surface area contributed by atoms with Crippen molar-refractivity contribution in [3.63, 3.8) is 0 Å². The van der Waals surface area contributed by atoms with E-state index in [2.05, 4.69) is 65.4 Å². The van der Waals surface area contributed by atoms with Gasteiger partial charge in [-0.05, 0) is 24.7 Å². The molecule has 24 heavy (non-hydrogen) atoms. The Labute approximate surface area is 146 Å². The van der Waals surface area contributed by atoms with E-state index in [0.29, 0.717) is 6.54 Å². The molecule has 1 aliphatic rings. The van der Waals surface area contributed by atoms with Crippen LogP contribution in [-0.2, 0) is 4.79 Å². The van der Waals surface area contributed by atoms with Crippen molar-refractivity contribution in [2.75, 3.05) is 58.8 Å². The Morgan fingerprint density at radius 2 is 1.71 bits per heavy atom. The number of nitrogens with one attached hydrogen (secondary N) is 1. The third kappa shape index (κ3) is 4.95. The van der Waals surface area contributed by atoms with Gasteiger partial charge in [-0.25, -0.2) is 0 Å². The van der Waals surface area contributed by atoms with Crippen molar-refractivity contribution in [2.24, 2.45) is 5.92 Å². The molecule has 1 amide bonds. The summed E-state index contributed by atoms with van der Waals surface area (Å²) in [4.78, 5) is 19.0. The molecule has 0 spiro atoms. The van der Waals surface area contributed by atoms with E-state index in [1.807, 2.05) is 13.8 Å². The average Bonchev–Trinajstić information content (AvgIpc) is 2.56. The maximum atomic E-state index is 12.0. The molecular formula is C19H32N4O. The number of piperazine rings is 1. The Morgan fingerprint density at radius 3 is 2.21 bits per heavy atom. The Hall–Kier alpha value is -1.59. The van der Waals surface area contributed by atoms with E-state index < -0.39 is 0 Å². The summed E-state index contributed by atoms with van der Waals surface area (Å²) >= 11 is 0. The van der Waals surface area contributed by atoms with Crippen LogP contribution in [0.15, 0.2) is 24.3 Å². The lowest BCUT2D eigenvalue weighted by atomic mass is 10.0. The van der Waals surface area contributed by atoms with Gasteiger partial charge in [-0.2, -0.15) is 0 Å². The summed E-state index contributed by atoms with van der Waals surface area (Å²) in [6.07, 6.45) is 0. The first-order valence-electron chi connectivity index (χ1n) is 8.86. The van der Waals surface area contributed by atoms with Gasteiger partial charge in [-0.15, -0.1) is 0 Å². The van der Waals surface area contributed by atoms with Crippen LogP contribution in [0.4, 0.5) is 5.69 Å². The van der Waals surface area contributed by atoms with E-state index in [1.165, 1.54) is 11.3 Å². The molecule has 0 aliphatic carbocycles. The highest BCUT2D eigenvalue weighted by Crippen LogP contribution is 2.24. The van der Waals surface area contributed by atoms with E-state index in [-0.39, 0.29) is 17.9 Å². The summed E-state index contributed by atoms with van der Waals surface area (Å²) in [7, 11) is 6.27. The normalized spacial score (nSPS) is 17.8. The first kappa shape index (κ1) is 18.7. The molecule has 1 fully saturated rings. The fourth-order valence-corrected chi connectivity index (χ4v) is 2.99. The molecule has 0 aromatic heterocycles. The molecule has 1 saturated heterocycles.